The molecule has 4 saturated heterocycles. The molecule has 2 aromatic rings. The minimum atomic E-state index is -1.36. The molecule has 2 aromatic heterocycles. The predicted octanol–water partition coefficient (Wildman–Crippen LogP) is 4.69. The van der Waals surface area contributed by atoms with E-state index >= 15 is 4.79 Å². The minimum Gasteiger partial charge on any atom is -0.458 e. The van der Waals surface area contributed by atoms with Gasteiger partial charge in [-0.1, -0.05) is 20.8 Å². The summed E-state index contributed by atoms with van der Waals surface area (Å²) in [5.74, 6) is -2.20. The molecule has 1 amide bonds. The lowest BCUT2D eigenvalue weighted by Crippen LogP contribution is -2.72. The first kappa shape index (κ1) is 45.3. The second-order valence-electron chi connectivity index (χ2n) is 17.7. The number of terminal acetylenes is 1. The Labute approximate surface area is 353 Å². The largest absolute Gasteiger partial charge is 0.458 e. The third-order valence-corrected chi connectivity index (χ3v) is 13.6. The summed E-state index contributed by atoms with van der Waals surface area (Å²) in [6.45, 7) is 13.4. The zero-order valence-electron chi connectivity index (χ0n) is 36.5. The number of aliphatic hydroxyl groups excluding tert-OH is 1. The van der Waals surface area contributed by atoms with E-state index < -0.39 is 89.4 Å². The summed E-state index contributed by atoms with van der Waals surface area (Å²) in [5, 5.41) is 11.7. The molecule has 0 spiro atoms. The molecule has 4 fully saturated rings. The van der Waals surface area contributed by atoms with Crippen LogP contribution in [0.25, 0.3) is 11.3 Å². The van der Waals surface area contributed by atoms with Crippen LogP contribution in [0.1, 0.15) is 87.0 Å². The fraction of sp³-hybridized carbons (Fsp3) is 0.689. The SMILES string of the molecule is C#CCCN(C)[C@H]1C[C@@H](C)O[C@@H](O[C@@H]2[C@@H](C)C(=O)[C@@H](C)C(=O)O[C@H](CC)[C@@]3(C)OC(=O)N4C(CCCn5cnc(-c6cccnc6)c5)[C@@H](C(=O)[C@H](C)C[C@@]2(C)OC)C43)[C@@H]1O. The number of Topliss-reactive ketones (excluding diaryl/α,β-unsaturated/α-hetero) is 2. The van der Waals surface area contributed by atoms with Crippen LogP contribution in [0, 0.1) is 36.0 Å². The average molecular weight is 834 g/mol. The Hall–Kier alpha value is -4.20. The number of cyclic esters (lactones) is 1. The van der Waals surface area contributed by atoms with Crippen molar-refractivity contribution in [2.45, 2.75) is 154 Å². The molecule has 0 radical (unpaired) electrons. The minimum absolute atomic E-state index is 0.0994. The molecule has 1 N–H and O–H groups in total. The van der Waals surface area contributed by atoms with Gasteiger partial charge in [-0.05, 0) is 79.0 Å². The van der Waals surface area contributed by atoms with E-state index in [4.69, 9.17) is 30.1 Å². The van der Waals surface area contributed by atoms with E-state index in [9.17, 15) is 19.5 Å². The second kappa shape index (κ2) is 18.4. The number of rotatable bonds is 12. The molecule has 0 saturated carbocycles. The van der Waals surface area contributed by atoms with Gasteiger partial charge < -0.3 is 33.4 Å². The number of carbonyl (C=O) groups is 4. The average Bonchev–Trinajstić information content (AvgIpc) is 3.79. The highest BCUT2D eigenvalue weighted by Crippen LogP contribution is 2.52. The maximum Gasteiger partial charge on any atom is 0.411 e. The van der Waals surface area contributed by atoms with E-state index in [0.717, 1.165) is 11.3 Å². The summed E-state index contributed by atoms with van der Waals surface area (Å²) in [6.07, 6.45) is 10.1. The molecule has 0 aliphatic carbocycles. The number of likely N-dealkylation sites (N-methyl/N-ethyl adjacent to an activating group) is 1. The third kappa shape index (κ3) is 8.63. The van der Waals surface area contributed by atoms with E-state index in [1.54, 1.807) is 44.4 Å². The Bertz CT molecular complexity index is 1900. The lowest BCUT2D eigenvalue weighted by Gasteiger charge is -2.54. The molecule has 15 heteroatoms. The topological polar surface area (TPSA) is 172 Å². The fourth-order valence-corrected chi connectivity index (χ4v) is 10.2. The Morgan fingerprint density at radius 3 is 2.55 bits per heavy atom. The number of amides is 1. The summed E-state index contributed by atoms with van der Waals surface area (Å²) in [7, 11) is 3.39. The molecule has 2 unspecified atom stereocenters. The van der Waals surface area contributed by atoms with Gasteiger partial charge in [-0.15, -0.1) is 12.3 Å². The number of aryl methyl sites for hydroxylation is 1. The lowest BCUT2D eigenvalue weighted by atomic mass is 9.64. The first-order valence-electron chi connectivity index (χ1n) is 21.4. The van der Waals surface area contributed by atoms with Crippen molar-refractivity contribution in [2.75, 3.05) is 20.7 Å². The van der Waals surface area contributed by atoms with E-state index in [0.29, 0.717) is 38.8 Å². The van der Waals surface area contributed by atoms with E-state index in [1.807, 2.05) is 55.6 Å². The number of nitrogens with zero attached hydrogens (tertiary/aromatic N) is 5. The van der Waals surface area contributed by atoms with Gasteiger partial charge in [0.05, 0.1) is 41.8 Å². The molecular formula is C45H63N5O10. The molecule has 14 atom stereocenters. The summed E-state index contributed by atoms with van der Waals surface area (Å²) >= 11 is 0. The second-order valence-corrected chi connectivity index (χ2v) is 17.7. The first-order valence-corrected chi connectivity index (χ1v) is 21.4. The van der Waals surface area contributed by atoms with Crippen LogP contribution in [0.3, 0.4) is 0 Å². The van der Waals surface area contributed by atoms with Gasteiger partial charge in [0.15, 0.2) is 17.7 Å². The van der Waals surface area contributed by atoms with Gasteiger partial charge in [-0.2, -0.15) is 0 Å². The Morgan fingerprint density at radius 1 is 1.13 bits per heavy atom. The number of ether oxygens (including phenoxy) is 5. The van der Waals surface area contributed by atoms with Crippen molar-refractivity contribution in [3.8, 4) is 23.6 Å². The monoisotopic (exact) mass is 833 g/mol. The normalized spacial score (nSPS) is 37.5. The molecule has 6 heterocycles. The fourth-order valence-electron chi connectivity index (χ4n) is 10.2. The van der Waals surface area contributed by atoms with Crippen LogP contribution in [0.5, 0.6) is 0 Å². The van der Waals surface area contributed by atoms with Gasteiger partial charge in [0.2, 0.25) is 0 Å². The molecule has 4 aliphatic rings. The van der Waals surface area contributed by atoms with Crippen LogP contribution >= 0.6 is 0 Å². The van der Waals surface area contributed by atoms with E-state index in [-0.39, 0.29) is 30.8 Å². The highest BCUT2D eigenvalue weighted by molar-refractivity contribution is 6.00. The van der Waals surface area contributed by atoms with Gasteiger partial charge >= 0.3 is 12.1 Å². The van der Waals surface area contributed by atoms with E-state index in [1.165, 1.54) is 14.0 Å². The molecule has 60 heavy (non-hydrogen) atoms. The Morgan fingerprint density at radius 2 is 1.88 bits per heavy atom. The zero-order valence-corrected chi connectivity index (χ0v) is 36.5. The molecule has 328 valence electrons. The third-order valence-electron chi connectivity index (χ3n) is 13.6. The Kier molecular flexibility index (Phi) is 13.9. The van der Waals surface area contributed by atoms with Gasteiger partial charge in [-0.3, -0.25) is 29.2 Å². The number of carbonyl (C=O) groups excluding carboxylic acids is 4. The molecule has 15 nitrogen and oxygen atoms in total. The quantitative estimate of drug-likeness (QED) is 0.178. The van der Waals surface area contributed by atoms with Crippen LogP contribution in [0.4, 0.5) is 4.79 Å². The number of hydrogen-bond donors (Lipinski definition) is 1. The zero-order chi connectivity index (χ0) is 43.7. The van der Waals surface area contributed by atoms with Crippen LogP contribution in [-0.2, 0) is 44.6 Å². The predicted molar refractivity (Wildman–Crippen MR) is 220 cm³/mol. The van der Waals surface area contributed by atoms with Crippen molar-refractivity contribution in [1.29, 1.82) is 0 Å². The smallest absolute Gasteiger partial charge is 0.411 e. The lowest BCUT2D eigenvalue weighted by molar-refractivity contribution is -0.296. The van der Waals surface area contributed by atoms with Crippen LogP contribution < -0.4 is 0 Å². The number of methoxy groups -OCH3 is 1. The van der Waals surface area contributed by atoms with Gasteiger partial charge in [0.1, 0.15) is 23.9 Å². The van der Waals surface area contributed by atoms with Crippen molar-refractivity contribution in [2.24, 2.45) is 23.7 Å². The number of imidazole rings is 1. The molecule has 0 bridgehead atoms. The standard InChI is InChI=1S/C45H63N5O10/c1-11-13-19-48(9)33-21-27(4)57-42(38(33)53)59-40-28(5)37(52)29(6)41(54)58-34(12-2)45(8)39-35(36(51)26(3)22-44(40,7)56-10)32(50(39)43(55)60-45)17-15-20-49-24-31(47-25-49)30-16-14-18-46-23-30/h1,14,16,18,23-29,32-35,38-40,42,53H,12-13,15,17,19-22H2,2-10H3/t26-,27-,28+,29-,32?,33+,34-,35+,38-,39?,40-,42+,44-,45-/m1/s1. The number of hydrogen-bond acceptors (Lipinski definition) is 13. The number of ketones is 2. The van der Waals surface area contributed by atoms with E-state index in [2.05, 4.69) is 15.9 Å². The van der Waals surface area contributed by atoms with Crippen LogP contribution in [0.2, 0.25) is 0 Å². The van der Waals surface area contributed by atoms with Crippen LogP contribution in [-0.4, -0.2) is 134 Å². The first-order chi connectivity index (χ1) is 28.5. The van der Waals surface area contributed by atoms with Crippen molar-refractivity contribution in [3.05, 3.63) is 37.1 Å². The summed E-state index contributed by atoms with van der Waals surface area (Å²) in [6, 6.07) is 2.26. The number of aromatic nitrogens is 3. The summed E-state index contributed by atoms with van der Waals surface area (Å²) in [5.41, 5.74) is -0.960. The number of esters is 1. The van der Waals surface area contributed by atoms with Gasteiger partial charge in [0, 0.05) is 74.7 Å². The maximum absolute atomic E-state index is 15.0. The summed E-state index contributed by atoms with van der Waals surface area (Å²) < 4.78 is 33.4. The highest BCUT2D eigenvalue weighted by atomic mass is 16.7. The maximum atomic E-state index is 15.0. The van der Waals surface area contributed by atoms with Crippen molar-refractivity contribution in [1.82, 2.24) is 24.3 Å². The van der Waals surface area contributed by atoms with Gasteiger partial charge in [0.25, 0.3) is 0 Å². The highest BCUT2D eigenvalue weighted by Gasteiger charge is 2.70. The van der Waals surface area contributed by atoms with Crippen molar-refractivity contribution < 1.29 is 48.0 Å². The van der Waals surface area contributed by atoms with Gasteiger partial charge in [-0.25, -0.2) is 9.78 Å². The molecule has 4 aliphatic heterocycles. The Balaban J connectivity index is 1.31. The van der Waals surface area contributed by atoms with Crippen LogP contribution in [0.15, 0.2) is 37.1 Å². The molecule has 6 rings (SSSR count). The molecular weight excluding hydrogens is 771 g/mol. The van der Waals surface area contributed by atoms with Crippen molar-refractivity contribution in [3.63, 3.8) is 0 Å². The van der Waals surface area contributed by atoms with Crippen molar-refractivity contribution >= 4 is 23.6 Å². The number of pyridine rings is 1. The summed E-state index contributed by atoms with van der Waals surface area (Å²) in [4.78, 5) is 69.5. The number of aliphatic hydroxyl groups is 1. The molecule has 0 aromatic carbocycles.